The summed E-state index contributed by atoms with van der Waals surface area (Å²) in [6, 6.07) is 11.9. The van der Waals surface area contributed by atoms with Crippen molar-refractivity contribution in [1.29, 1.82) is 0 Å². The van der Waals surface area contributed by atoms with E-state index in [1.807, 2.05) is 42.6 Å². The van der Waals surface area contributed by atoms with E-state index < -0.39 is 0 Å². The van der Waals surface area contributed by atoms with E-state index in [0.29, 0.717) is 13.2 Å². The Labute approximate surface area is 101 Å². The summed E-state index contributed by atoms with van der Waals surface area (Å²) in [5.41, 5.74) is 2.24. The zero-order valence-electron chi connectivity index (χ0n) is 9.80. The second-order valence-corrected chi connectivity index (χ2v) is 3.61. The lowest BCUT2D eigenvalue weighted by atomic mass is 10.1. The minimum Gasteiger partial charge on any atom is -0.491 e. The number of rotatable bonds is 5. The van der Waals surface area contributed by atoms with Crippen molar-refractivity contribution in [1.82, 2.24) is 4.98 Å². The van der Waals surface area contributed by atoms with Crippen LogP contribution in [-0.4, -0.2) is 25.3 Å². The van der Waals surface area contributed by atoms with Crippen LogP contribution in [0.4, 0.5) is 0 Å². The highest BCUT2D eigenvalue weighted by molar-refractivity contribution is 5.62. The van der Waals surface area contributed by atoms with Crippen molar-refractivity contribution < 1.29 is 9.47 Å². The molecule has 88 valence electrons. The molecule has 0 bridgehead atoms. The van der Waals surface area contributed by atoms with Crippen molar-refractivity contribution in [3.05, 3.63) is 48.8 Å². The Kier molecular flexibility index (Phi) is 4.11. The van der Waals surface area contributed by atoms with E-state index in [0.717, 1.165) is 16.9 Å². The number of benzene rings is 1. The van der Waals surface area contributed by atoms with Gasteiger partial charge in [-0.25, -0.2) is 0 Å². The Morgan fingerprint density at radius 1 is 1.00 bits per heavy atom. The third-order valence-electron chi connectivity index (χ3n) is 2.41. The molecule has 0 fully saturated rings. The van der Waals surface area contributed by atoms with Crippen LogP contribution in [0.3, 0.4) is 0 Å². The van der Waals surface area contributed by atoms with Gasteiger partial charge < -0.3 is 9.47 Å². The smallest absolute Gasteiger partial charge is 0.119 e. The molecule has 0 spiro atoms. The molecular formula is C14H15NO2. The first-order valence-electron chi connectivity index (χ1n) is 5.52. The van der Waals surface area contributed by atoms with Crippen LogP contribution in [0, 0.1) is 0 Å². The molecule has 3 heteroatoms. The molecular weight excluding hydrogens is 214 g/mol. The van der Waals surface area contributed by atoms with Gasteiger partial charge in [0.05, 0.1) is 6.61 Å². The summed E-state index contributed by atoms with van der Waals surface area (Å²) in [6.07, 6.45) is 3.62. The fourth-order valence-electron chi connectivity index (χ4n) is 1.52. The largest absolute Gasteiger partial charge is 0.491 e. The molecule has 2 rings (SSSR count). The molecule has 1 aromatic carbocycles. The van der Waals surface area contributed by atoms with Gasteiger partial charge in [-0.05, 0) is 29.3 Å². The maximum absolute atomic E-state index is 5.50. The van der Waals surface area contributed by atoms with Crippen LogP contribution >= 0.6 is 0 Å². The molecule has 17 heavy (non-hydrogen) atoms. The van der Waals surface area contributed by atoms with Crippen LogP contribution in [0.1, 0.15) is 0 Å². The molecule has 0 aliphatic heterocycles. The zero-order valence-corrected chi connectivity index (χ0v) is 9.80. The van der Waals surface area contributed by atoms with Crippen LogP contribution in [0.2, 0.25) is 0 Å². The van der Waals surface area contributed by atoms with Gasteiger partial charge in [0.1, 0.15) is 12.4 Å². The third kappa shape index (κ3) is 3.29. The lowest BCUT2D eigenvalue weighted by Crippen LogP contribution is -2.03. The van der Waals surface area contributed by atoms with E-state index in [4.69, 9.17) is 9.47 Å². The second-order valence-electron chi connectivity index (χ2n) is 3.61. The number of aromatic nitrogens is 1. The average molecular weight is 229 g/mol. The van der Waals surface area contributed by atoms with Crippen molar-refractivity contribution in [3.63, 3.8) is 0 Å². The topological polar surface area (TPSA) is 31.4 Å². The number of pyridine rings is 1. The molecule has 0 aliphatic carbocycles. The lowest BCUT2D eigenvalue weighted by molar-refractivity contribution is 0.146. The van der Waals surface area contributed by atoms with Crippen molar-refractivity contribution >= 4 is 0 Å². The van der Waals surface area contributed by atoms with E-state index in [-0.39, 0.29) is 0 Å². The third-order valence-corrected chi connectivity index (χ3v) is 2.41. The van der Waals surface area contributed by atoms with Crippen molar-refractivity contribution in [2.45, 2.75) is 0 Å². The fourth-order valence-corrected chi connectivity index (χ4v) is 1.52. The van der Waals surface area contributed by atoms with E-state index >= 15 is 0 Å². The first-order chi connectivity index (χ1) is 8.40. The molecule has 1 aromatic heterocycles. The molecule has 2 aromatic rings. The SMILES string of the molecule is COCCOc1ccc(-c2cccnc2)cc1. The van der Waals surface area contributed by atoms with Gasteiger partial charge in [-0.15, -0.1) is 0 Å². The van der Waals surface area contributed by atoms with E-state index in [2.05, 4.69) is 4.98 Å². The zero-order chi connectivity index (χ0) is 11.9. The number of methoxy groups -OCH3 is 1. The number of hydrogen-bond acceptors (Lipinski definition) is 3. The minimum atomic E-state index is 0.572. The highest BCUT2D eigenvalue weighted by atomic mass is 16.5. The summed E-state index contributed by atoms with van der Waals surface area (Å²) in [4.78, 5) is 4.10. The number of hydrogen-bond donors (Lipinski definition) is 0. The van der Waals surface area contributed by atoms with Crippen LogP contribution < -0.4 is 4.74 Å². The molecule has 0 aliphatic rings. The van der Waals surface area contributed by atoms with Gasteiger partial charge in [-0.1, -0.05) is 18.2 Å². The van der Waals surface area contributed by atoms with Gasteiger partial charge in [-0.2, -0.15) is 0 Å². The van der Waals surface area contributed by atoms with E-state index in [1.165, 1.54) is 0 Å². The van der Waals surface area contributed by atoms with Crippen LogP contribution in [0.5, 0.6) is 5.75 Å². The highest BCUT2D eigenvalue weighted by Crippen LogP contribution is 2.21. The summed E-state index contributed by atoms with van der Waals surface area (Å²) in [5.74, 6) is 0.856. The van der Waals surface area contributed by atoms with Crippen LogP contribution in [0.15, 0.2) is 48.8 Å². The van der Waals surface area contributed by atoms with E-state index in [1.54, 1.807) is 13.3 Å². The molecule has 0 atom stereocenters. The van der Waals surface area contributed by atoms with Crippen LogP contribution in [0.25, 0.3) is 11.1 Å². The number of ether oxygens (including phenoxy) is 2. The average Bonchev–Trinajstić information content (AvgIpc) is 2.41. The molecule has 0 N–H and O–H groups in total. The predicted octanol–water partition coefficient (Wildman–Crippen LogP) is 2.77. The maximum atomic E-state index is 5.50. The van der Waals surface area contributed by atoms with Gasteiger partial charge >= 0.3 is 0 Å². The van der Waals surface area contributed by atoms with Gasteiger partial charge in [0.2, 0.25) is 0 Å². The molecule has 0 radical (unpaired) electrons. The van der Waals surface area contributed by atoms with Gasteiger partial charge in [0, 0.05) is 19.5 Å². The number of nitrogens with zero attached hydrogens (tertiary/aromatic N) is 1. The minimum absolute atomic E-state index is 0.572. The standard InChI is InChI=1S/C14H15NO2/c1-16-9-10-17-14-6-4-12(5-7-14)13-3-2-8-15-11-13/h2-8,11H,9-10H2,1H3. The van der Waals surface area contributed by atoms with E-state index in [9.17, 15) is 0 Å². The normalized spacial score (nSPS) is 10.2. The van der Waals surface area contributed by atoms with Gasteiger partial charge in [0.15, 0.2) is 0 Å². The Balaban J connectivity index is 2.03. The van der Waals surface area contributed by atoms with Gasteiger partial charge in [0.25, 0.3) is 0 Å². The van der Waals surface area contributed by atoms with Crippen LogP contribution in [-0.2, 0) is 4.74 Å². The molecule has 0 saturated heterocycles. The predicted molar refractivity (Wildman–Crippen MR) is 67.0 cm³/mol. The van der Waals surface area contributed by atoms with Crippen molar-refractivity contribution in [2.75, 3.05) is 20.3 Å². The Bertz CT molecular complexity index is 440. The summed E-state index contributed by atoms with van der Waals surface area (Å²) >= 11 is 0. The molecule has 3 nitrogen and oxygen atoms in total. The molecule has 1 heterocycles. The summed E-state index contributed by atoms with van der Waals surface area (Å²) < 4.78 is 10.4. The Morgan fingerprint density at radius 2 is 1.82 bits per heavy atom. The Morgan fingerprint density at radius 3 is 2.47 bits per heavy atom. The van der Waals surface area contributed by atoms with Gasteiger partial charge in [-0.3, -0.25) is 4.98 Å². The fraction of sp³-hybridized carbons (Fsp3) is 0.214. The molecule has 0 amide bonds. The quantitative estimate of drug-likeness (QED) is 0.739. The highest BCUT2D eigenvalue weighted by Gasteiger charge is 1.98. The molecule has 0 saturated carbocycles. The van der Waals surface area contributed by atoms with Crippen molar-refractivity contribution in [2.24, 2.45) is 0 Å². The first kappa shape index (κ1) is 11.6. The second kappa shape index (κ2) is 6.01. The lowest BCUT2D eigenvalue weighted by Gasteiger charge is -2.06. The first-order valence-corrected chi connectivity index (χ1v) is 5.52. The Hall–Kier alpha value is -1.87. The molecule has 0 unspecified atom stereocenters. The summed E-state index contributed by atoms with van der Waals surface area (Å²) in [5, 5.41) is 0. The van der Waals surface area contributed by atoms with Crippen molar-refractivity contribution in [3.8, 4) is 16.9 Å². The summed E-state index contributed by atoms with van der Waals surface area (Å²) in [6.45, 7) is 1.17. The monoisotopic (exact) mass is 229 g/mol. The maximum Gasteiger partial charge on any atom is 0.119 e. The summed E-state index contributed by atoms with van der Waals surface area (Å²) in [7, 11) is 1.66.